The number of amides is 1. The molecule has 0 saturated heterocycles. The van der Waals surface area contributed by atoms with Gasteiger partial charge >= 0.3 is 0 Å². The van der Waals surface area contributed by atoms with Crippen molar-refractivity contribution >= 4 is 27.3 Å². The Hall–Kier alpha value is -4.38. The van der Waals surface area contributed by atoms with Crippen molar-refractivity contribution in [2.75, 3.05) is 23.3 Å². The van der Waals surface area contributed by atoms with Crippen molar-refractivity contribution < 1.29 is 27.1 Å². The largest absolute Gasteiger partial charge is 0.486 e. The number of aryl methyl sites for hydroxylation is 1. The van der Waals surface area contributed by atoms with E-state index in [1.807, 2.05) is 19.1 Å². The minimum Gasteiger partial charge on any atom is -0.486 e. The van der Waals surface area contributed by atoms with E-state index in [1.165, 1.54) is 42.8 Å². The zero-order valence-electron chi connectivity index (χ0n) is 18.5. The SMILES string of the molecule is Cc1ccc(-c2nnco2)cc1NC(=O)c1ccc(NS(=O)(=O)c2ccc3c(c2)OCCO3)cc1. The van der Waals surface area contributed by atoms with E-state index in [-0.39, 0.29) is 10.8 Å². The van der Waals surface area contributed by atoms with E-state index >= 15 is 0 Å². The highest BCUT2D eigenvalue weighted by Crippen LogP contribution is 2.33. The van der Waals surface area contributed by atoms with Gasteiger partial charge in [0.25, 0.3) is 15.9 Å². The van der Waals surface area contributed by atoms with Crippen LogP contribution in [-0.4, -0.2) is 37.7 Å². The van der Waals surface area contributed by atoms with Gasteiger partial charge in [-0.1, -0.05) is 6.07 Å². The molecule has 0 spiro atoms. The summed E-state index contributed by atoms with van der Waals surface area (Å²) in [5, 5.41) is 10.4. The number of fused-ring (bicyclic) bond motifs is 1. The van der Waals surface area contributed by atoms with Gasteiger partial charge in [0.05, 0.1) is 4.90 Å². The maximum absolute atomic E-state index is 12.8. The summed E-state index contributed by atoms with van der Waals surface area (Å²) in [6.45, 7) is 2.64. The van der Waals surface area contributed by atoms with Crippen molar-refractivity contribution in [3.05, 3.63) is 78.2 Å². The van der Waals surface area contributed by atoms with Crippen LogP contribution in [0.5, 0.6) is 11.5 Å². The Morgan fingerprint density at radius 2 is 1.71 bits per heavy atom. The number of hydrogen-bond acceptors (Lipinski definition) is 8. The maximum Gasteiger partial charge on any atom is 0.262 e. The molecule has 0 bridgehead atoms. The molecular weight excluding hydrogens is 472 g/mol. The molecule has 2 heterocycles. The highest BCUT2D eigenvalue weighted by Gasteiger charge is 2.20. The molecule has 2 N–H and O–H groups in total. The van der Waals surface area contributed by atoms with Crippen LogP contribution in [0, 0.1) is 6.92 Å². The number of nitrogens with zero attached hydrogens (tertiary/aromatic N) is 2. The van der Waals surface area contributed by atoms with E-state index in [0.29, 0.717) is 53.1 Å². The van der Waals surface area contributed by atoms with Crippen LogP contribution >= 0.6 is 0 Å². The molecule has 0 aliphatic carbocycles. The van der Waals surface area contributed by atoms with Crippen LogP contribution in [0.4, 0.5) is 11.4 Å². The lowest BCUT2D eigenvalue weighted by atomic mass is 10.1. The number of anilines is 2. The first-order valence-electron chi connectivity index (χ1n) is 10.6. The molecule has 1 amide bonds. The molecule has 0 fully saturated rings. The molecular formula is C24H20N4O6S. The van der Waals surface area contributed by atoms with Gasteiger partial charge in [-0.25, -0.2) is 8.42 Å². The first-order chi connectivity index (χ1) is 16.9. The van der Waals surface area contributed by atoms with E-state index in [1.54, 1.807) is 12.1 Å². The highest BCUT2D eigenvalue weighted by atomic mass is 32.2. The van der Waals surface area contributed by atoms with Crippen LogP contribution in [0.2, 0.25) is 0 Å². The van der Waals surface area contributed by atoms with Crippen molar-refractivity contribution in [1.82, 2.24) is 10.2 Å². The number of hydrogen-bond donors (Lipinski definition) is 2. The van der Waals surface area contributed by atoms with Crippen molar-refractivity contribution in [2.24, 2.45) is 0 Å². The molecule has 0 unspecified atom stereocenters. The number of ether oxygens (including phenoxy) is 2. The van der Waals surface area contributed by atoms with Crippen LogP contribution < -0.4 is 19.5 Å². The first-order valence-corrected chi connectivity index (χ1v) is 12.1. The molecule has 0 atom stereocenters. The third kappa shape index (κ3) is 4.80. The van der Waals surface area contributed by atoms with Crippen molar-refractivity contribution in [1.29, 1.82) is 0 Å². The molecule has 35 heavy (non-hydrogen) atoms. The van der Waals surface area contributed by atoms with Gasteiger partial charge in [-0.3, -0.25) is 9.52 Å². The smallest absolute Gasteiger partial charge is 0.262 e. The molecule has 10 nitrogen and oxygen atoms in total. The van der Waals surface area contributed by atoms with Crippen molar-refractivity contribution in [3.8, 4) is 23.0 Å². The van der Waals surface area contributed by atoms with Crippen LogP contribution in [0.3, 0.4) is 0 Å². The lowest BCUT2D eigenvalue weighted by molar-refractivity contribution is 0.102. The van der Waals surface area contributed by atoms with E-state index in [0.717, 1.165) is 5.56 Å². The molecule has 1 aromatic heterocycles. The Morgan fingerprint density at radius 3 is 2.46 bits per heavy atom. The maximum atomic E-state index is 12.8. The molecule has 0 saturated carbocycles. The van der Waals surface area contributed by atoms with Crippen LogP contribution in [0.15, 0.2) is 76.4 Å². The second kappa shape index (κ2) is 9.11. The predicted octanol–water partition coefficient (Wildman–Crippen LogP) is 3.87. The zero-order valence-corrected chi connectivity index (χ0v) is 19.3. The third-order valence-electron chi connectivity index (χ3n) is 5.32. The lowest BCUT2D eigenvalue weighted by Gasteiger charge is -2.19. The van der Waals surface area contributed by atoms with Gasteiger partial charge in [-0.15, -0.1) is 10.2 Å². The highest BCUT2D eigenvalue weighted by molar-refractivity contribution is 7.92. The van der Waals surface area contributed by atoms with Gasteiger partial charge in [0.15, 0.2) is 11.5 Å². The summed E-state index contributed by atoms with van der Waals surface area (Å²) in [5.74, 6) is 0.875. The first kappa shape index (κ1) is 22.4. The van der Waals surface area contributed by atoms with Crippen molar-refractivity contribution in [2.45, 2.75) is 11.8 Å². The minimum atomic E-state index is -3.87. The molecule has 5 rings (SSSR count). The fraction of sp³-hybridized carbons (Fsp3) is 0.125. The summed E-state index contributed by atoms with van der Waals surface area (Å²) in [4.78, 5) is 12.8. The number of sulfonamides is 1. The molecule has 178 valence electrons. The Labute approximate surface area is 201 Å². The van der Waals surface area contributed by atoms with Gasteiger partial charge in [0.1, 0.15) is 13.2 Å². The van der Waals surface area contributed by atoms with Gasteiger partial charge < -0.3 is 19.2 Å². The standard InChI is InChI=1S/C24H20N4O6S/c1-15-2-3-17(24-27-25-14-34-24)12-20(15)26-23(29)16-4-6-18(7-5-16)28-35(30,31)19-8-9-21-22(13-19)33-11-10-32-21/h2-9,12-14,28H,10-11H2,1H3,(H,26,29). The van der Waals surface area contributed by atoms with Crippen LogP contribution in [-0.2, 0) is 10.0 Å². The second-order valence-electron chi connectivity index (χ2n) is 7.72. The van der Waals surface area contributed by atoms with E-state index in [9.17, 15) is 13.2 Å². The van der Waals surface area contributed by atoms with Gasteiger partial charge in [0, 0.05) is 28.6 Å². The number of carbonyl (C=O) groups excluding carboxylic acids is 1. The quantitative estimate of drug-likeness (QED) is 0.415. The van der Waals surface area contributed by atoms with Gasteiger partial charge in [-0.2, -0.15) is 0 Å². The summed E-state index contributed by atoms with van der Waals surface area (Å²) in [5.41, 5.74) is 2.78. The second-order valence-corrected chi connectivity index (χ2v) is 9.40. The fourth-order valence-electron chi connectivity index (χ4n) is 3.48. The zero-order chi connectivity index (χ0) is 24.4. The van der Waals surface area contributed by atoms with E-state index < -0.39 is 10.0 Å². The fourth-order valence-corrected chi connectivity index (χ4v) is 4.55. The lowest BCUT2D eigenvalue weighted by Crippen LogP contribution is -2.17. The molecule has 11 heteroatoms. The predicted molar refractivity (Wildman–Crippen MR) is 127 cm³/mol. The molecule has 1 aliphatic heterocycles. The number of rotatable bonds is 6. The third-order valence-corrected chi connectivity index (χ3v) is 6.69. The molecule has 4 aromatic rings. The summed E-state index contributed by atoms with van der Waals surface area (Å²) < 4.78 is 44.2. The van der Waals surface area contributed by atoms with E-state index in [2.05, 4.69) is 20.2 Å². The Bertz CT molecular complexity index is 1490. The summed E-state index contributed by atoms with van der Waals surface area (Å²) in [6, 6.07) is 15.9. The minimum absolute atomic E-state index is 0.0418. The summed E-state index contributed by atoms with van der Waals surface area (Å²) in [7, 11) is -3.87. The average molecular weight is 493 g/mol. The Morgan fingerprint density at radius 1 is 0.943 bits per heavy atom. The normalized spacial score (nSPS) is 12.7. The van der Waals surface area contributed by atoms with Gasteiger partial charge in [0.2, 0.25) is 12.3 Å². The molecule has 1 aliphatic rings. The number of benzene rings is 3. The van der Waals surface area contributed by atoms with Crippen LogP contribution in [0.1, 0.15) is 15.9 Å². The number of nitrogens with one attached hydrogen (secondary N) is 2. The average Bonchev–Trinajstić information content (AvgIpc) is 3.40. The topological polar surface area (TPSA) is 133 Å². The summed E-state index contributed by atoms with van der Waals surface area (Å²) in [6.07, 6.45) is 1.23. The Balaban J connectivity index is 1.29. The number of carbonyl (C=O) groups is 1. The monoisotopic (exact) mass is 492 g/mol. The van der Waals surface area contributed by atoms with Crippen LogP contribution in [0.25, 0.3) is 11.5 Å². The van der Waals surface area contributed by atoms with E-state index in [4.69, 9.17) is 13.9 Å². The molecule has 0 radical (unpaired) electrons. The van der Waals surface area contributed by atoms with Gasteiger partial charge in [-0.05, 0) is 61.0 Å². The summed E-state index contributed by atoms with van der Waals surface area (Å²) >= 11 is 0. The molecule has 3 aromatic carbocycles. The Kier molecular flexibility index (Phi) is 5.83. The number of aromatic nitrogens is 2. The van der Waals surface area contributed by atoms with Crippen molar-refractivity contribution in [3.63, 3.8) is 0 Å².